The molecule has 6 nitrogen and oxygen atoms in total. The molecular formula is C28H26N6+2. The van der Waals surface area contributed by atoms with Crippen LogP contribution < -0.4 is 9.13 Å². The van der Waals surface area contributed by atoms with E-state index in [4.69, 9.17) is 9.97 Å². The molecule has 4 heterocycles. The van der Waals surface area contributed by atoms with E-state index in [0.717, 1.165) is 59.9 Å². The summed E-state index contributed by atoms with van der Waals surface area (Å²) in [4.78, 5) is 16.8. The summed E-state index contributed by atoms with van der Waals surface area (Å²) < 4.78 is 4.39. The van der Waals surface area contributed by atoms with Gasteiger partial charge < -0.3 is 9.97 Å². The van der Waals surface area contributed by atoms with Gasteiger partial charge >= 0.3 is 11.3 Å². The van der Waals surface area contributed by atoms with Gasteiger partial charge in [-0.1, -0.05) is 60.7 Å². The van der Waals surface area contributed by atoms with Crippen LogP contribution in [-0.4, -0.2) is 19.9 Å². The van der Waals surface area contributed by atoms with E-state index in [9.17, 15) is 0 Å². The Balaban J connectivity index is 1.22. The minimum atomic E-state index is 0.790. The highest BCUT2D eigenvalue weighted by Gasteiger charge is 2.20. The fourth-order valence-corrected chi connectivity index (χ4v) is 4.44. The maximum atomic E-state index is 4.91. The summed E-state index contributed by atoms with van der Waals surface area (Å²) in [5.41, 5.74) is 6.59. The number of benzene rings is 2. The lowest BCUT2D eigenvalue weighted by molar-refractivity contribution is -0.664. The lowest BCUT2D eigenvalue weighted by atomic mass is 10.2. The van der Waals surface area contributed by atoms with Crippen molar-refractivity contribution in [2.75, 3.05) is 0 Å². The predicted octanol–water partition coefficient (Wildman–Crippen LogP) is 3.90. The topological polar surface area (TPSA) is 65.1 Å². The van der Waals surface area contributed by atoms with Gasteiger partial charge in [0, 0.05) is 12.8 Å². The highest BCUT2D eigenvalue weighted by Crippen LogP contribution is 2.12. The molecule has 166 valence electrons. The molecule has 0 bridgehead atoms. The summed E-state index contributed by atoms with van der Waals surface area (Å²) in [5.74, 6) is 1.95. The van der Waals surface area contributed by atoms with Crippen LogP contribution in [0.25, 0.3) is 22.3 Å². The van der Waals surface area contributed by atoms with Crippen molar-refractivity contribution >= 4 is 22.3 Å². The first kappa shape index (κ1) is 20.3. The van der Waals surface area contributed by atoms with Crippen molar-refractivity contribution in [1.29, 1.82) is 0 Å². The number of hydrogen-bond donors (Lipinski definition) is 2. The normalized spacial score (nSPS) is 11.4. The first-order valence-electron chi connectivity index (χ1n) is 11.6. The number of aryl methyl sites for hydroxylation is 2. The van der Waals surface area contributed by atoms with Gasteiger partial charge in [0.1, 0.15) is 24.1 Å². The molecule has 6 rings (SSSR count). The van der Waals surface area contributed by atoms with Crippen LogP contribution in [0.5, 0.6) is 0 Å². The maximum Gasteiger partial charge on any atom is 0.349 e. The average molecular weight is 447 g/mol. The van der Waals surface area contributed by atoms with Crippen LogP contribution in [0.2, 0.25) is 0 Å². The third-order valence-electron chi connectivity index (χ3n) is 6.11. The van der Waals surface area contributed by atoms with E-state index in [0.29, 0.717) is 0 Å². The molecular weight excluding hydrogens is 420 g/mol. The number of H-pyrrole nitrogens is 2. The van der Waals surface area contributed by atoms with Crippen LogP contribution in [0.1, 0.15) is 22.8 Å². The van der Waals surface area contributed by atoms with E-state index >= 15 is 0 Å². The number of hydrogen-bond acceptors (Lipinski definition) is 2. The molecule has 34 heavy (non-hydrogen) atoms. The number of rotatable bonds is 7. The number of nitrogens with one attached hydrogen (secondary N) is 2. The van der Waals surface area contributed by atoms with E-state index in [1.807, 2.05) is 12.1 Å². The van der Waals surface area contributed by atoms with Gasteiger partial charge in [0.25, 0.3) is 0 Å². The number of aromatic nitrogens is 6. The first-order chi connectivity index (χ1) is 16.8. The number of aromatic amines is 2. The van der Waals surface area contributed by atoms with E-state index in [1.165, 1.54) is 11.1 Å². The lowest BCUT2D eigenvalue weighted by Crippen LogP contribution is -2.34. The quantitative estimate of drug-likeness (QED) is 0.366. The van der Waals surface area contributed by atoms with Crippen LogP contribution in [0.3, 0.4) is 0 Å². The second-order valence-electron chi connectivity index (χ2n) is 8.58. The Hall–Kier alpha value is -4.32. The summed E-state index contributed by atoms with van der Waals surface area (Å²) in [6.07, 6.45) is 5.76. The molecule has 2 N–H and O–H groups in total. The number of imidazole rings is 2. The minimum absolute atomic E-state index is 0.790. The number of pyridine rings is 2. The van der Waals surface area contributed by atoms with Crippen LogP contribution in [0.4, 0.5) is 0 Å². The van der Waals surface area contributed by atoms with E-state index in [-0.39, 0.29) is 0 Å². The molecule has 0 saturated carbocycles. The molecule has 0 saturated heterocycles. The van der Waals surface area contributed by atoms with Crippen molar-refractivity contribution in [3.63, 3.8) is 0 Å². The Labute approximate surface area is 197 Å². The Morgan fingerprint density at radius 1 is 0.529 bits per heavy atom. The lowest BCUT2D eigenvalue weighted by Gasteiger charge is -2.00. The molecule has 0 fully saturated rings. The van der Waals surface area contributed by atoms with Gasteiger partial charge in [-0.15, -0.1) is 0 Å². The van der Waals surface area contributed by atoms with Gasteiger partial charge in [0.2, 0.25) is 11.6 Å². The van der Waals surface area contributed by atoms with Crippen LogP contribution in [-0.2, 0) is 25.9 Å². The van der Waals surface area contributed by atoms with Crippen molar-refractivity contribution in [3.8, 4) is 0 Å². The zero-order valence-corrected chi connectivity index (χ0v) is 18.9. The molecule has 0 atom stereocenters. The Bertz CT molecular complexity index is 1430. The first-order valence-corrected chi connectivity index (χ1v) is 11.6. The van der Waals surface area contributed by atoms with Gasteiger partial charge in [-0.3, -0.25) is 0 Å². The van der Waals surface area contributed by atoms with Crippen molar-refractivity contribution < 1.29 is 9.13 Å². The zero-order chi connectivity index (χ0) is 22.7. The molecule has 0 aliphatic rings. The van der Waals surface area contributed by atoms with Crippen molar-refractivity contribution in [1.82, 2.24) is 19.9 Å². The maximum absolute atomic E-state index is 4.91. The largest absolute Gasteiger partial charge is 0.349 e. The fourth-order valence-electron chi connectivity index (χ4n) is 4.44. The van der Waals surface area contributed by atoms with Crippen LogP contribution >= 0.6 is 0 Å². The van der Waals surface area contributed by atoms with Gasteiger partial charge in [-0.2, -0.15) is 0 Å². The molecule has 0 aliphatic heterocycles. The van der Waals surface area contributed by atoms with E-state index in [2.05, 4.69) is 104 Å². The van der Waals surface area contributed by atoms with Gasteiger partial charge in [0.15, 0.2) is 0 Å². The van der Waals surface area contributed by atoms with Crippen molar-refractivity contribution in [3.05, 3.63) is 120 Å². The Morgan fingerprint density at radius 2 is 0.971 bits per heavy atom. The molecule has 6 aromatic rings. The molecule has 0 radical (unpaired) electrons. The van der Waals surface area contributed by atoms with Gasteiger partial charge in [-0.05, 0) is 45.4 Å². The monoisotopic (exact) mass is 446 g/mol. The second kappa shape index (κ2) is 8.90. The smallest absolute Gasteiger partial charge is 0.316 e. The van der Waals surface area contributed by atoms with E-state index in [1.54, 1.807) is 0 Å². The van der Waals surface area contributed by atoms with Crippen LogP contribution in [0.15, 0.2) is 97.3 Å². The standard InChI is InChI=1S/C28H24N6/c1-3-9-21(10-4-1)19-33-17-7-13-23-27(33)31-25(29-23)15-16-26-30-24-14-8-18-34(28(24)32-26)20-22-11-5-2-6-12-22/h1-14,17-18H,15-16,19-20H2/p+2. The summed E-state index contributed by atoms with van der Waals surface area (Å²) in [5, 5.41) is 0. The van der Waals surface area contributed by atoms with E-state index < -0.39 is 0 Å². The summed E-state index contributed by atoms with van der Waals surface area (Å²) in [6, 6.07) is 29.3. The second-order valence-corrected chi connectivity index (χ2v) is 8.58. The third-order valence-corrected chi connectivity index (χ3v) is 6.11. The van der Waals surface area contributed by atoms with Crippen LogP contribution in [0, 0.1) is 0 Å². The van der Waals surface area contributed by atoms with Gasteiger partial charge in [0.05, 0.1) is 12.4 Å². The number of fused-ring (bicyclic) bond motifs is 2. The Morgan fingerprint density at radius 3 is 1.41 bits per heavy atom. The van der Waals surface area contributed by atoms with Gasteiger partial charge in [-0.25, -0.2) is 9.13 Å². The van der Waals surface area contributed by atoms with Crippen molar-refractivity contribution in [2.24, 2.45) is 0 Å². The molecule has 2 aromatic carbocycles. The molecule has 0 spiro atoms. The molecule has 0 unspecified atom stereocenters. The SMILES string of the molecule is c1ccc(C[n+]2cccc3[nH]c(CCc4nc5c(ccc[n+]5Cc5ccccc5)[nH]4)nc32)cc1. The average Bonchev–Trinajstić information content (AvgIpc) is 3.49. The molecule has 0 amide bonds. The summed E-state index contributed by atoms with van der Waals surface area (Å²) in [6.45, 7) is 1.60. The molecule has 0 aliphatic carbocycles. The minimum Gasteiger partial charge on any atom is -0.316 e. The summed E-state index contributed by atoms with van der Waals surface area (Å²) in [7, 11) is 0. The molecule has 6 heteroatoms. The number of nitrogens with zero attached hydrogens (tertiary/aromatic N) is 4. The highest BCUT2D eigenvalue weighted by atomic mass is 15.1. The third kappa shape index (κ3) is 4.18. The summed E-state index contributed by atoms with van der Waals surface area (Å²) >= 11 is 0. The van der Waals surface area contributed by atoms with Crippen molar-refractivity contribution in [2.45, 2.75) is 25.9 Å². The zero-order valence-electron chi connectivity index (χ0n) is 18.9. The Kier molecular flexibility index (Phi) is 5.32. The molecule has 4 aromatic heterocycles. The predicted molar refractivity (Wildman–Crippen MR) is 131 cm³/mol. The highest BCUT2D eigenvalue weighted by molar-refractivity contribution is 5.67. The fraction of sp³-hybridized carbons (Fsp3) is 0.143.